The second kappa shape index (κ2) is 7.70. The van der Waals surface area contributed by atoms with E-state index in [1.807, 2.05) is 11.8 Å². The van der Waals surface area contributed by atoms with Crippen molar-refractivity contribution in [2.45, 2.75) is 45.1 Å². The topological polar surface area (TPSA) is 40.7 Å². The van der Waals surface area contributed by atoms with E-state index in [4.69, 9.17) is 0 Å². The van der Waals surface area contributed by atoms with Crippen molar-refractivity contribution in [2.75, 3.05) is 12.3 Å². The highest BCUT2D eigenvalue weighted by Crippen LogP contribution is 2.23. The van der Waals surface area contributed by atoms with Crippen LogP contribution in [0.25, 0.3) is 11.0 Å². The molecule has 1 heterocycles. The molecule has 1 aromatic heterocycles. The fourth-order valence-electron chi connectivity index (χ4n) is 2.03. The zero-order valence-corrected chi connectivity index (χ0v) is 13.5. The molecular formula is C16H25N3S. The van der Waals surface area contributed by atoms with Gasteiger partial charge >= 0.3 is 0 Å². The molecule has 0 aliphatic heterocycles. The van der Waals surface area contributed by atoms with Gasteiger partial charge in [0.05, 0.1) is 17.6 Å². The summed E-state index contributed by atoms with van der Waals surface area (Å²) in [6, 6.07) is 6.49. The highest BCUT2D eigenvalue weighted by Gasteiger charge is 2.04. The van der Waals surface area contributed by atoms with Crippen LogP contribution in [0.1, 0.15) is 39.4 Å². The predicted molar refractivity (Wildman–Crippen MR) is 88.3 cm³/mol. The predicted octanol–water partition coefficient (Wildman–Crippen LogP) is 4.20. The van der Waals surface area contributed by atoms with Crippen molar-refractivity contribution < 1.29 is 0 Å². The van der Waals surface area contributed by atoms with Crippen molar-refractivity contribution in [1.29, 1.82) is 0 Å². The van der Waals surface area contributed by atoms with Gasteiger partial charge in [0.15, 0.2) is 0 Å². The molecular weight excluding hydrogens is 266 g/mol. The summed E-state index contributed by atoms with van der Waals surface area (Å²) in [5, 5.41) is 3.44. The second-order valence-corrected chi connectivity index (χ2v) is 6.74. The molecule has 2 aromatic rings. The third-order valence-electron chi connectivity index (χ3n) is 3.17. The van der Waals surface area contributed by atoms with Gasteiger partial charge in [-0.3, -0.25) is 0 Å². The zero-order chi connectivity index (χ0) is 14.4. The lowest BCUT2D eigenvalue weighted by atomic mass is 10.1. The Balaban J connectivity index is 1.94. The molecule has 110 valence electrons. The number of fused-ring (bicyclic) bond motifs is 1. The van der Waals surface area contributed by atoms with Gasteiger partial charge in [-0.2, -0.15) is 0 Å². The Labute approximate surface area is 125 Å². The number of H-pyrrole nitrogens is 1. The van der Waals surface area contributed by atoms with Gasteiger partial charge in [-0.05, 0) is 49.3 Å². The van der Waals surface area contributed by atoms with Gasteiger partial charge in [0, 0.05) is 4.90 Å². The summed E-state index contributed by atoms with van der Waals surface area (Å²) < 4.78 is 0. The molecule has 0 amide bonds. The first-order chi connectivity index (χ1) is 9.69. The monoisotopic (exact) mass is 291 g/mol. The molecule has 0 radical (unpaired) electrons. The minimum Gasteiger partial charge on any atom is -0.341 e. The lowest BCUT2D eigenvalue weighted by molar-refractivity contribution is 0.533. The van der Waals surface area contributed by atoms with Crippen molar-refractivity contribution in [3.63, 3.8) is 0 Å². The highest BCUT2D eigenvalue weighted by atomic mass is 32.2. The van der Waals surface area contributed by atoms with Crippen LogP contribution in [-0.4, -0.2) is 22.3 Å². The van der Waals surface area contributed by atoms with Crippen LogP contribution in [-0.2, 0) is 6.54 Å². The van der Waals surface area contributed by atoms with E-state index >= 15 is 0 Å². The summed E-state index contributed by atoms with van der Waals surface area (Å²) in [6.45, 7) is 8.57. The molecule has 0 saturated carbocycles. The molecule has 0 unspecified atom stereocenters. The van der Waals surface area contributed by atoms with E-state index < -0.39 is 0 Å². The molecule has 0 atom stereocenters. The molecule has 0 bridgehead atoms. The van der Waals surface area contributed by atoms with Gasteiger partial charge < -0.3 is 10.3 Å². The normalized spacial score (nSPS) is 11.6. The number of hydrogen-bond donors (Lipinski definition) is 2. The van der Waals surface area contributed by atoms with Crippen molar-refractivity contribution in [3.05, 3.63) is 24.0 Å². The number of benzene rings is 1. The van der Waals surface area contributed by atoms with Crippen LogP contribution in [0.4, 0.5) is 0 Å². The summed E-state index contributed by atoms with van der Waals surface area (Å²) in [5.74, 6) is 2.95. The third-order valence-corrected chi connectivity index (χ3v) is 4.37. The van der Waals surface area contributed by atoms with Gasteiger partial charge in [0.1, 0.15) is 5.82 Å². The van der Waals surface area contributed by atoms with Crippen LogP contribution < -0.4 is 5.32 Å². The number of aromatic amines is 1. The largest absolute Gasteiger partial charge is 0.341 e. The molecule has 2 N–H and O–H groups in total. The molecule has 0 saturated heterocycles. The van der Waals surface area contributed by atoms with Crippen LogP contribution in [0.5, 0.6) is 0 Å². The van der Waals surface area contributed by atoms with Crippen molar-refractivity contribution >= 4 is 22.8 Å². The number of nitrogens with one attached hydrogen (secondary N) is 2. The maximum absolute atomic E-state index is 4.62. The molecule has 0 fully saturated rings. The first-order valence-corrected chi connectivity index (χ1v) is 8.49. The smallest absolute Gasteiger partial charge is 0.121 e. The molecule has 1 aromatic carbocycles. The average molecular weight is 291 g/mol. The summed E-state index contributed by atoms with van der Waals surface area (Å²) in [6.07, 6.45) is 2.41. The Kier molecular flexibility index (Phi) is 5.92. The van der Waals surface area contributed by atoms with Crippen molar-refractivity contribution in [3.8, 4) is 0 Å². The van der Waals surface area contributed by atoms with Gasteiger partial charge in [-0.15, -0.1) is 11.8 Å². The van der Waals surface area contributed by atoms with Crippen molar-refractivity contribution in [1.82, 2.24) is 15.3 Å². The van der Waals surface area contributed by atoms with E-state index in [2.05, 4.69) is 54.3 Å². The third kappa shape index (κ3) is 4.53. The molecule has 20 heavy (non-hydrogen) atoms. The maximum Gasteiger partial charge on any atom is 0.121 e. The number of hydrogen-bond acceptors (Lipinski definition) is 3. The maximum atomic E-state index is 4.62. The SMILES string of the molecule is CCCSc1ccc2nc(CNCCC(C)C)[nH]c2c1. The minimum atomic E-state index is 0.747. The number of thioether (sulfide) groups is 1. The second-order valence-electron chi connectivity index (χ2n) is 5.57. The molecule has 0 aliphatic rings. The van der Waals surface area contributed by atoms with E-state index in [-0.39, 0.29) is 0 Å². The van der Waals surface area contributed by atoms with E-state index in [1.165, 1.54) is 23.5 Å². The molecule has 0 spiro atoms. The standard InChI is InChI=1S/C16H25N3S/c1-4-9-20-13-5-6-14-15(10-13)19-16(18-14)11-17-8-7-12(2)3/h5-6,10,12,17H,4,7-9,11H2,1-3H3,(H,18,19). The Morgan fingerprint density at radius 1 is 1.35 bits per heavy atom. The zero-order valence-electron chi connectivity index (χ0n) is 12.7. The number of aromatic nitrogens is 2. The van der Waals surface area contributed by atoms with Crippen LogP contribution >= 0.6 is 11.8 Å². The Bertz CT molecular complexity index is 534. The Morgan fingerprint density at radius 2 is 2.20 bits per heavy atom. The number of imidazole rings is 1. The lowest BCUT2D eigenvalue weighted by Gasteiger charge is -2.04. The van der Waals surface area contributed by atoms with Gasteiger partial charge in [-0.1, -0.05) is 20.8 Å². The molecule has 2 rings (SSSR count). The average Bonchev–Trinajstić information content (AvgIpc) is 2.83. The van der Waals surface area contributed by atoms with Crippen LogP contribution in [0, 0.1) is 5.92 Å². The first kappa shape index (κ1) is 15.4. The quantitative estimate of drug-likeness (QED) is 0.565. The summed E-state index contributed by atoms with van der Waals surface area (Å²) in [5.41, 5.74) is 2.21. The van der Waals surface area contributed by atoms with E-state index in [9.17, 15) is 0 Å². The van der Waals surface area contributed by atoms with E-state index in [1.54, 1.807) is 0 Å². The van der Waals surface area contributed by atoms with Gasteiger partial charge in [-0.25, -0.2) is 4.98 Å². The first-order valence-electron chi connectivity index (χ1n) is 7.51. The minimum absolute atomic E-state index is 0.747. The van der Waals surface area contributed by atoms with Crippen molar-refractivity contribution in [2.24, 2.45) is 5.92 Å². The fraction of sp³-hybridized carbons (Fsp3) is 0.562. The Hall–Kier alpha value is -1.00. The fourth-order valence-corrected chi connectivity index (χ4v) is 2.84. The number of rotatable bonds is 8. The summed E-state index contributed by atoms with van der Waals surface area (Å²) in [4.78, 5) is 9.36. The molecule has 0 aliphatic carbocycles. The van der Waals surface area contributed by atoms with Crippen LogP contribution in [0.3, 0.4) is 0 Å². The van der Waals surface area contributed by atoms with E-state index in [0.717, 1.165) is 35.9 Å². The Morgan fingerprint density at radius 3 is 2.95 bits per heavy atom. The van der Waals surface area contributed by atoms with Gasteiger partial charge in [0.25, 0.3) is 0 Å². The molecule has 3 nitrogen and oxygen atoms in total. The van der Waals surface area contributed by atoms with E-state index in [0.29, 0.717) is 0 Å². The number of nitrogens with zero attached hydrogens (tertiary/aromatic N) is 1. The lowest BCUT2D eigenvalue weighted by Crippen LogP contribution is -2.17. The highest BCUT2D eigenvalue weighted by molar-refractivity contribution is 7.99. The summed E-state index contributed by atoms with van der Waals surface area (Å²) >= 11 is 1.91. The van der Waals surface area contributed by atoms with Gasteiger partial charge in [0.2, 0.25) is 0 Å². The molecule has 4 heteroatoms. The van der Waals surface area contributed by atoms with Crippen LogP contribution in [0.15, 0.2) is 23.1 Å². The van der Waals surface area contributed by atoms with Crippen LogP contribution in [0.2, 0.25) is 0 Å². The summed E-state index contributed by atoms with van der Waals surface area (Å²) in [7, 11) is 0.